The first-order valence-corrected chi connectivity index (χ1v) is 5.43. The molecule has 1 fully saturated rings. The number of ether oxygens (including phenoxy) is 1. The van der Waals surface area contributed by atoms with Crippen molar-refractivity contribution < 1.29 is 14.6 Å². The minimum Gasteiger partial charge on any atom is -0.396 e. The van der Waals surface area contributed by atoms with Crippen LogP contribution in [-0.2, 0) is 9.53 Å². The van der Waals surface area contributed by atoms with E-state index in [4.69, 9.17) is 9.84 Å². The van der Waals surface area contributed by atoms with Crippen LogP contribution >= 0.6 is 0 Å². The fourth-order valence-corrected chi connectivity index (χ4v) is 1.45. The van der Waals surface area contributed by atoms with Gasteiger partial charge in [-0.1, -0.05) is 6.92 Å². The second-order valence-corrected chi connectivity index (χ2v) is 3.94. The molecule has 0 aromatic rings. The molecular formula is C10H20N2O3. The number of carbonyl (C=O) groups excluding carboxylic acids is 1. The highest BCUT2D eigenvalue weighted by Gasteiger charge is 2.20. The number of nitrogens with one attached hydrogen (secondary N) is 2. The summed E-state index contributed by atoms with van der Waals surface area (Å²) in [5.74, 6) is 0.294. The van der Waals surface area contributed by atoms with Gasteiger partial charge in [-0.25, -0.2) is 0 Å². The van der Waals surface area contributed by atoms with Crippen molar-refractivity contribution in [2.24, 2.45) is 5.92 Å². The van der Waals surface area contributed by atoms with E-state index >= 15 is 0 Å². The third-order valence-electron chi connectivity index (χ3n) is 2.48. The second-order valence-electron chi connectivity index (χ2n) is 3.94. The molecule has 0 bridgehead atoms. The van der Waals surface area contributed by atoms with Gasteiger partial charge in [-0.05, 0) is 12.3 Å². The zero-order valence-corrected chi connectivity index (χ0v) is 9.16. The first-order chi connectivity index (χ1) is 7.24. The summed E-state index contributed by atoms with van der Waals surface area (Å²) in [5.41, 5.74) is 0. The highest BCUT2D eigenvalue weighted by molar-refractivity contribution is 5.81. The lowest BCUT2D eigenvalue weighted by Gasteiger charge is -2.23. The molecule has 15 heavy (non-hydrogen) atoms. The van der Waals surface area contributed by atoms with E-state index in [1.54, 1.807) is 0 Å². The number of amides is 1. The summed E-state index contributed by atoms with van der Waals surface area (Å²) in [6.45, 7) is 4.62. The molecule has 2 unspecified atom stereocenters. The van der Waals surface area contributed by atoms with E-state index in [-0.39, 0.29) is 18.6 Å². The predicted octanol–water partition coefficient (Wildman–Crippen LogP) is -0.890. The van der Waals surface area contributed by atoms with Crippen molar-refractivity contribution in [3.05, 3.63) is 0 Å². The summed E-state index contributed by atoms with van der Waals surface area (Å²) in [7, 11) is 0. The Morgan fingerprint density at radius 1 is 1.73 bits per heavy atom. The van der Waals surface area contributed by atoms with Gasteiger partial charge in [-0.3, -0.25) is 4.79 Å². The van der Waals surface area contributed by atoms with Gasteiger partial charge >= 0.3 is 0 Å². The van der Waals surface area contributed by atoms with Crippen molar-refractivity contribution in [2.75, 3.05) is 32.9 Å². The lowest BCUT2D eigenvalue weighted by Crippen LogP contribution is -2.51. The molecule has 1 rings (SSSR count). The van der Waals surface area contributed by atoms with Gasteiger partial charge in [0.15, 0.2) is 0 Å². The van der Waals surface area contributed by atoms with E-state index in [2.05, 4.69) is 10.6 Å². The maximum atomic E-state index is 11.6. The molecule has 1 heterocycles. The Labute approximate surface area is 90.2 Å². The number of rotatable bonds is 5. The summed E-state index contributed by atoms with van der Waals surface area (Å²) in [5, 5.41) is 14.6. The van der Waals surface area contributed by atoms with Gasteiger partial charge < -0.3 is 20.5 Å². The van der Waals surface area contributed by atoms with Crippen LogP contribution in [0.3, 0.4) is 0 Å². The molecule has 2 atom stereocenters. The molecule has 1 aliphatic heterocycles. The zero-order chi connectivity index (χ0) is 11.1. The molecule has 0 radical (unpaired) electrons. The van der Waals surface area contributed by atoms with E-state index < -0.39 is 0 Å². The van der Waals surface area contributed by atoms with Crippen LogP contribution < -0.4 is 10.6 Å². The normalized spacial score (nSPS) is 23.5. The maximum Gasteiger partial charge on any atom is 0.239 e. The topological polar surface area (TPSA) is 70.6 Å². The SMILES string of the molecule is CC(CCO)CNC(=O)C1COCCN1. The summed E-state index contributed by atoms with van der Waals surface area (Å²) in [4.78, 5) is 11.6. The molecule has 1 aliphatic rings. The summed E-state index contributed by atoms with van der Waals surface area (Å²) < 4.78 is 5.19. The third kappa shape index (κ3) is 4.59. The van der Waals surface area contributed by atoms with Crippen LogP contribution in [0, 0.1) is 5.92 Å². The Bertz CT molecular complexity index is 193. The highest BCUT2D eigenvalue weighted by Crippen LogP contribution is 1.99. The van der Waals surface area contributed by atoms with Crippen molar-refractivity contribution in [3.63, 3.8) is 0 Å². The minimum absolute atomic E-state index is 0.0144. The zero-order valence-electron chi connectivity index (χ0n) is 9.16. The molecule has 5 heteroatoms. The molecular weight excluding hydrogens is 196 g/mol. The molecule has 0 saturated carbocycles. The van der Waals surface area contributed by atoms with Crippen molar-refractivity contribution in [1.29, 1.82) is 0 Å². The lowest BCUT2D eigenvalue weighted by atomic mass is 10.1. The molecule has 0 spiro atoms. The van der Waals surface area contributed by atoms with Gasteiger partial charge in [0.25, 0.3) is 0 Å². The van der Waals surface area contributed by atoms with Crippen LogP contribution in [0.15, 0.2) is 0 Å². The van der Waals surface area contributed by atoms with E-state index in [9.17, 15) is 4.79 Å². The van der Waals surface area contributed by atoms with Crippen LogP contribution in [0.4, 0.5) is 0 Å². The third-order valence-corrected chi connectivity index (χ3v) is 2.48. The van der Waals surface area contributed by atoms with Gasteiger partial charge in [0.05, 0.1) is 13.2 Å². The Morgan fingerprint density at radius 2 is 2.53 bits per heavy atom. The van der Waals surface area contributed by atoms with Gasteiger partial charge in [0.2, 0.25) is 5.91 Å². The number of morpholine rings is 1. The molecule has 5 nitrogen and oxygen atoms in total. The minimum atomic E-state index is -0.222. The second kappa shape index (κ2) is 6.76. The highest BCUT2D eigenvalue weighted by atomic mass is 16.5. The van der Waals surface area contributed by atoms with Gasteiger partial charge in [-0.2, -0.15) is 0 Å². The average Bonchev–Trinajstić information content (AvgIpc) is 2.27. The van der Waals surface area contributed by atoms with Crippen molar-refractivity contribution in [2.45, 2.75) is 19.4 Å². The Kier molecular flexibility index (Phi) is 5.60. The fraction of sp³-hybridized carbons (Fsp3) is 0.900. The fourth-order valence-electron chi connectivity index (χ4n) is 1.45. The van der Waals surface area contributed by atoms with Gasteiger partial charge in [0, 0.05) is 19.7 Å². The molecule has 0 aromatic heterocycles. The lowest BCUT2D eigenvalue weighted by molar-refractivity contribution is -0.126. The number of hydrogen-bond donors (Lipinski definition) is 3. The molecule has 0 aromatic carbocycles. The Morgan fingerprint density at radius 3 is 3.13 bits per heavy atom. The van der Waals surface area contributed by atoms with E-state index in [0.29, 0.717) is 25.7 Å². The standard InChI is InChI=1S/C10H20N2O3/c1-8(2-4-13)6-12-10(14)9-7-15-5-3-11-9/h8-9,11,13H,2-7H2,1H3,(H,12,14). The molecule has 1 saturated heterocycles. The van der Waals surface area contributed by atoms with E-state index in [0.717, 1.165) is 13.0 Å². The average molecular weight is 216 g/mol. The molecule has 88 valence electrons. The van der Waals surface area contributed by atoms with Gasteiger partial charge in [-0.15, -0.1) is 0 Å². The van der Waals surface area contributed by atoms with Gasteiger partial charge in [0.1, 0.15) is 6.04 Å². The molecule has 1 amide bonds. The summed E-state index contributed by atoms with van der Waals surface area (Å²) in [6.07, 6.45) is 0.717. The quantitative estimate of drug-likeness (QED) is 0.557. The molecule has 3 N–H and O–H groups in total. The van der Waals surface area contributed by atoms with Crippen molar-refractivity contribution in [1.82, 2.24) is 10.6 Å². The number of aliphatic hydroxyl groups is 1. The summed E-state index contributed by atoms with van der Waals surface area (Å²) in [6, 6.07) is -0.222. The first kappa shape index (κ1) is 12.4. The van der Waals surface area contributed by atoms with E-state index in [1.807, 2.05) is 6.92 Å². The Balaban J connectivity index is 2.16. The van der Waals surface area contributed by atoms with Crippen molar-refractivity contribution in [3.8, 4) is 0 Å². The van der Waals surface area contributed by atoms with Crippen LogP contribution in [0.2, 0.25) is 0 Å². The first-order valence-electron chi connectivity index (χ1n) is 5.43. The maximum absolute atomic E-state index is 11.6. The monoisotopic (exact) mass is 216 g/mol. The number of carbonyl (C=O) groups is 1. The van der Waals surface area contributed by atoms with Crippen LogP contribution in [0.25, 0.3) is 0 Å². The number of hydrogen-bond acceptors (Lipinski definition) is 4. The van der Waals surface area contributed by atoms with Crippen molar-refractivity contribution >= 4 is 5.91 Å². The summed E-state index contributed by atoms with van der Waals surface area (Å²) >= 11 is 0. The Hall–Kier alpha value is -0.650. The van der Waals surface area contributed by atoms with Crippen LogP contribution in [0.1, 0.15) is 13.3 Å². The van der Waals surface area contributed by atoms with E-state index in [1.165, 1.54) is 0 Å². The smallest absolute Gasteiger partial charge is 0.239 e. The predicted molar refractivity (Wildman–Crippen MR) is 56.5 cm³/mol. The van der Waals surface area contributed by atoms with Crippen LogP contribution in [-0.4, -0.2) is 50.0 Å². The van der Waals surface area contributed by atoms with Crippen LogP contribution in [0.5, 0.6) is 0 Å². The largest absolute Gasteiger partial charge is 0.396 e. The number of aliphatic hydroxyl groups excluding tert-OH is 1. The molecule has 0 aliphatic carbocycles.